The van der Waals surface area contributed by atoms with Crippen LogP contribution in [-0.2, 0) is 4.79 Å². The maximum absolute atomic E-state index is 12.0. The summed E-state index contributed by atoms with van der Waals surface area (Å²) in [7, 11) is 0. The highest BCUT2D eigenvalue weighted by molar-refractivity contribution is 5.92. The zero-order valence-corrected chi connectivity index (χ0v) is 13.7. The fraction of sp³-hybridized carbons (Fsp3) is 0.125. The predicted molar refractivity (Wildman–Crippen MR) is 91.1 cm³/mol. The average molecular weight is 354 g/mol. The summed E-state index contributed by atoms with van der Waals surface area (Å²) in [6.45, 7) is 1.40. The molecule has 0 spiro atoms. The van der Waals surface area contributed by atoms with Crippen molar-refractivity contribution in [3.05, 3.63) is 64.5 Å². The number of nitrogens with zero attached hydrogens (tertiary/aromatic N) is 5. The first-order valence-corrected chi connectivity index (χ1v) is 7.54. The van der Waals surface area contributed by atoms with Crippen molar-refractivity contribution in [2.45, 2.75) is 6.92 Å². The van der Waals surface area contributed by atoms with E-state index < -0.39 is 10.8 Å². The van der Waals surface area contributed by atoms with Gasteiger partial charge in [-0.25, -0.2) is 4.68 Å². The summed E-state index contributed by atoms with van der Waals surface area (Å²) < 4.78 is 6.89. The molecular formula is C16H14N6O4. The Morgan fingerprint density at radius 3 is 2.69 bits per heavy atom. The lowest BCUT2D eigenvalue weighted by atomic mass is 10.2. The molecule has 132 valence electrons. The minimum Gasteiger partial charge on any atom is -0.484 e. The summed E-state index contributed by atoms with van der Waals surface area (Å²) in [5, 5.41) is 24.4. The number of carbonyl (C=O) groups excluding carboxylic acids is 1. The number of rotatable bonds is 6. The van der Waals surface area contributed by atoms with Crippen LogP contribution in [0.5, 0.6) is 5.75 Å². The highest BCUT2D eigenvalue weighted by Gasteiger charge is 2.12. The maximum atomic E-state index is 12.0. The van der Waals surface area contributed by atoms with Crippen LogP contribution in [0.15, 0.2) is 48.8 Å². The highest BCUT2D eigenvalue weighted by Crippen LogP contribution is 2.22. The second-order valence-corrected chi connectivity index (χ2v) is 5.34. The molecular weight excluding hydrogens is 340 g/mol. The summed E-state index contributed by atoms with van der Waals surface area (Å²) in [6, 6.07) is 11.3. The number of carbonyl (C=O) groups is 1. The molecule has 26 heavy (non-hydrogen) atoms. The van der Waals surface area contributed by atoms with E-state index >= 15 is 0 Å². The molecule has 0 bridgehead atoms. The summed E-state index contributed by atoms with van der Waals surface area (Å²) in [4.78, 5) is 22.4. The number of nitro benzene ring substituents is 1. The predicted octanol–water partition coefficient (Wildman–Crippen LogP) is 1.90. The molecule has 10 heteroatoms. The Bertz CT molecular complexity index is 924. The monoisotopic (exact) mass is 354 g/mol. The lowest BCUT2D eigenvalue weighted by molar-refractivity contribution is -0.385. The summed E-state index contributed by atoms with van der Waals surface area (Å²) in [5.74, 6) is 0.0690. The number of hydrogen-bond acceptors (Lipinski definition) is 7. The highest BCUT2D eigenvalue weighted by atomic mass is 16.6. The average Bonchev–Trinajstić information content (AvgIpc) is 3.16. The van der Waals surface area contributed by atoms with Crippen LogP contribution in [0.2, 0.25) is 0 Å². The Labute approximate surface area is 147 Å². The standard InChI is InChI=1S/C16H14N6O4/c1-11-2-3-12(8-15(11)22(24)25)18-16(23)9-26-14-6-4-13(5-7-14)21-10-17-19-20-21/h2-8,10H,9H2,1H3,(H,18,23). The fourth-order valence-corrected chi connectivity index (χ4v) is 2.20. The van der Waals surface area contributed by atoms with Crippen molar-refractivity contribution in [1.29, 1.82) is 0 Å². The van der Waals surface area contributed by atoms with Gasteiger partial charge < -0.3 is 10.1 Å². The van der Waals surface area contributed by atoms with Crippen molar-refractivity contribution in [3.8, 4) is 11.4 Å². The summed E-state index contributed by atoms with van der Waals surface area (Å²) in [5.41, 5.74) is 1.55. The zero-order chi connectivity index (χ0) is 18.5. The van der Waals surface area contributed by atoms with Crippen molar-refractivity contribution in [2.75, 3.05) is 11.9 Å². The number of aryl methyl sites for hydroxylation is 1. The van der Waals surface area contributed by atoms with Crippen molar-refractivity contribution in [3.63, 3.8) is 0 Å². The zero-order valence-electron chi connectivity index (χ0n) is 13.7. The number of anilines is 1. The van der Waals surface area contributed by atoms with Crippen LogP contribution in [0.1, 0.15) is 5.56 Å². The van der Waals surface area contributed by atoms with Gasteiger partial charge in [-0.15, -0.1) is 5.10 Å². The molecule has 0 unspecified atom stereocenters. The largest absolute Gasteiger partial charge is 0.484 e. The molecule has 0 atom stereocenters. The SMILES string of the molecule is Cc1ccc(NC(=O)COc2ccc(-n3cnnn3)cc2)cc1[N+](=O)[O-]. The first kappa shape index (κ1) is 17.0. The van der Waals surface area contributed by atoms with Crippen molar-refractivity contribution >= 4 is 17.3 Å². The van der Waals surface area contributed by atoms with Crippen molar-refractivity contribution in [1.82, 2.24) is 20.2 Å². The van der Waals surface area contributed by atoms with Crippen molar-refractivity contribution in [2.24, 2.45) is 0 Å². The number of benzene rings is 2. The minimum atomic E-state index is -0.492. The molecule has 2 aromatic carbocycles. The van der Waals surface area contributed by atoms with E-state index in [0.717, 1.165) is 5.69 Å². The topological polar surface area (TPSA) is 125 Å². The minimum absolute atomic E-state index is 0.0538. The Balaban J connectivity index is 1.57. The van der Waals surface area contributed by atoms with Gasteiger partial charge in [-0.1, -0.05) is 6.07 Å². The molecule has 0 aliphatic rings. The molecule has 0 aliphatic carbocycles. The number of nitrogens with one attached hydrogen (secondary N) is 1. The van der Waals surface area contributed by atoms with Crippen molar-refractivity contribution < 1.29 is 14.5 Å². The van der Waals surface area contributed by atoms with Gasteiger partial charge in [0.25, 0.3) is 11.6 Å². The number of ether oxygens (including phenoxy) is 1. The van der Waals surface area contributed by atoms with Gasteiger partial charge in [0.05, 0.1) is 10.6 Å². The first-order chi connectivity index (χ1) is 12.5. The molecule has 1 amide bonds. The lowest BCUT2D eigenvalue weighted by Crippen LogP contribution is -2.20. The van der Waals surface area contributed by atoms with Gasteiger partial charge in [-0.2, -0.15) is 0 Å². The Hall–Kier alpha value is -3.82. The van der Waals surface area contributed by atoms with E-state index in [1.54, 1.807) is 43.3 Å². The maximum Gasteiger partial charge on any atom is 0.274 e. The quantitative estimate of drug-likeness (QED) is 0.529. The lowest BCUT2D eigenvalue weighted by Gasteiger charge is -2.08. The summed E-state index contributed by atoms with van der Waals surface area (Å²) in [6.07, 6.45) is 1.46. The van der Waals surface area contributed by atoms with Crippen LogP contribution in [0.4, 0.5) is 11.4 Å². The van der Waals surface area contributed by atoms with Gasteiger partial charge in [0.15, 0.2) is 6.61 Å². The smallest absolute Gasteiger partial charge is 0.274 e. The molecule has 1 aromatic heterocycles. The number of hydrogen-bond donors (Lipinski definition) is 1. The second kappa shape index (κ2) is 7.38. The van der Waals surface area contributed by atoms with Gasteiger partial charge in [0.1, 0.15) is 12.1 Å². The van der Waals surface area contributed by atoms with Crippen LogP contribution in [0.3, 0.4) is 0 Å². The van der Waals surface area contributed by atoms with E-state index in [-0.39, 0.29) is 12.3 Å². The Kier molecular flexibility index (Phi) is 4.83. The number of amides is 1. The molecule has 0 saturated heterocycles. The van der Waals surface area contributed by atoms with E-state index in [4.69, 9.17) is 4.74 Å². The molecule has 0 saturated carbocycles. The number of aromatic nitrogens is 4. The van der Waals surface area contributed by atoms with Gasteiger partial charge in [-0.3, -0.25) is 14.9 Å². The first-order valence-electron chi connectivity index (χ1n) is 7.54. The normalized spacial score (nSPS) is 10.3. The Morgan fingerprint density at radius 1 is 1.27 bits per heavy atom. The van der Waals surface area contributed by atoms with E-state index in [9.17, 15) is 14.9 Å². The van der Waals surface area contributed by atoms with Gasteiger partial charge >= 0.3 is 0 Å². The van der Waals surface area contributed by atoms with Crippen LogP contribution < -0.4 is 10.1 Å². The van der Waals surface area contributed by atoms with Crippen LogP contribution in [-0.4, -0.2) is 37.6 Å². The molecule has 3 rings (SSSR count). The van der Waals surface area contributed by atoms with Crippen LogP contribution in [0.25, 0.3) is 5.69 Å². The summed E-state index contributed by atoms with van der Waals surface area (Å²) >= 11 is 0. The third-order valence-electron chi connectivity index (χ3n) is 3.51. The van der Waals surface area contributed by atoms with Gasteiger partial charge in [0.2, 0.25) is 0 Å². The third-order valence-corrected chi connectivity index (χ3v) is 3.51. The molecule has 10 nitrogen and oxygen atoms in total. The van der Waals surface area contributed by atoms with E-state index in [1.807, 2.05) is 0 Å². The number of nitro groups is 1. The molecule has 0 aliphatic heterocycles. The number of tetrazole rings is 1. The van der Waals surface area contributed by atoms with Crippen LogP contribution in [0, 0.1) is 17.0 Å². The second-order valence-electron chi connectivity index (χ2n) is 5.34. The molecule has 0 radical (unpaired) electrons. The van der Waals surface area contributed by atoms with Gasteiger partial charge in [0, 0.05) is 17.3 Å². The molecule has 1 heterocycles. The molecule has 3 aromatic rings. The van der Waals surface area contributed by atoms with E-state index in [0.29, 0.717) is 17.0 Å². The fourth-order valence-electron chi connectivity index (χ4n) is 2.20. The Morgan fingerprint density at radius 2 is 2.04 bits per heavy atom. The molecule has 0 fully saturated rings. The molecule has 1 N–H and O–H groups in total. The third kappa shape index (κ3) is 3.98. The van der Waals surface area contributed by atoms with Crippen LogP contribution >= 0.6 is 0 Å². The van der Waals surface area contributed by atoms with E-state index in [1.165, 1.54) is 17.1 Å². The van der Waals surface area contributed by atoms with E-state index in [2.05, 4.69) is 20.8 Å². The van der Waals surface area contributed by atoms with Gasteiger partial charge in [-0.05, 0) is 47.7 Å².